The maximum Gasteiger partial charge on any atom is 0.228 e. The Bertz CT molecular complexity index is 709. The lowest BCUT2D eigenvalue weighted by Gasteiger charge is -2.20. The molecule has 2 N–H and O–H groups in total. The molecule has 0 radical (unpaired) electrons. The first-order chi connectivity index (χ1) is 11.6. The summed E-state index contributed by atoms with van der Waals surface area (Å²) in [6.07, 6.45) is 1.51. The van der Waals surface area contributed by atoms with Crippen molar-refractivity contribution < 1.29 is 9.53 Å². The predicted molar refractivity (Wildman–Crippen MR) is 93.4 cm³/mol. The SMILES string of the molecule is Cc1cccc(Nc2ccc(NC(=O)C3CCOCC3)nn2)c1C. The van der Waals surface area contributed by atoms with Crippen LogP contribution < -0.4 is 10.6 Å². The van der Waals surface area contributed by atoms with Crippen molar-refractivity contribution in [2.45, 2.75) is 26.7 Å². The summed E-state index contributed by atoms with van der Waals surface area (Å²) >= 11 is 0. The molecule has 2 heterocycles. The third kappa shape index (κ3) is 3.89. The van der Waals surface area contributed by atoms with Crippen molar-refractivity contribution >= 4 is 23.2 Å². The van der Waals surface area contributed by atoms with Crippen LogP contribution in [0.2, 0.25) is 0 Å². The van der Waals surface area contributed by atoms with E-state index in [4.69, 9.17) is 4.74 Å². The largest absolute Gasteiger partial charge is 0.381 e. The molecule has 0 atom stereocenters. The van der Waals surface area contributed by atoms with E-state index in [1.807, 2.05) is 18.2 Å². The molecule has 1 aliphatic heterocycles. The number of aromatic nitrogens is 2. The Morgan fingerprint density at radius 3 is 2.50 bits per heavy atom. The van der Waals surface area contributed by atoms with Crippen LogP contribution in [-0.4, -0.2) is 29.3 Å². The van der Waals surface area contributed by atoms with Gasteiger partial charge in [0.2, 0.25) is 5.91 Å². The van der Waals surface area contributed by atoms with Crippen molar-refractivity contribution in [2.75, 3.05) is 23.8 Å². The molecule has 0 bridgehead atoms. The van der Waals surface area contributed by atoms with Gasteiger partial charge in [-0.1, -0.05) is 12.1 Å². The second kappa shape index (κ2) is 7.40. The summed E-state index contributed by atoms with van der Waals surface area (Å²) in [7, 11) is 0. The van der Waals surface area contributed by atoms with Gasteiger partial charge in [-0.05, 0) is 56.0 Å². The molecule has 0 spiro atoms. The number of carbonyl (C=O) groups excluding carboxylic acids is 1. The third-order valence-electron chi connectivity index (χ3n) is 4.38. The van der Waals surface area contributed by atoms with Crippen molar-refractivity contribution in [2.24, 2.45) is 5.92 Å². The van der Waals surface area contributed by atoms with Gasteiger partial charge in [0.25, 0.3) is 0 Å². The Labute approximate surface area is 141 Å². The second-order valence-electron chi connectivity index (χ2n) is 6.05. The number of anilines is 3. The first-order valence-electron chi connectivity index (χ1n) is 8.19. The van der Waals surface area contributed by atoms with Gasteiger partial charge >= 0.3 is 0 Å². The monoisotopic (exact) mass is 326 g/mol. The molecule has 1 amide bonds. The van der Waals surface area contributed by atoms with Gasteiger partial charge in [0, 0.05) is 24.8 Å². The van der Waals surface area contributed by atoms with E-state index in [1.54, 1.807) is 6.07 Å². The van der Waals surface area contributed by atoms with Crippen molar-refractivity contribution in [1.29, 1.82) is 0 Å². The van der Waals surface area contributed by atoms with E-state index in [1.165, 1.54) is 11.1 Å². The normalized spacial score (nSPS) is 15.1. The summed E-state index contributed by atoms with van der Waals surface area (Å²) in [6.45, 7) is 5.42. The van der Waals surface area contributed by atoms with Crippen LogP contribution >= 0.6 is 0 Å². The topological polar surface area (TPSA) is 76.1 Å². The molecule has 1 aromatic heterocycles. The van der Waals surface area contributed by atoms with Gasteiger partial charge in [0.15, 0.2) is 11.6 Å². The quantitative estimate of drug-likeness (QED) is 0.902. The Hall–Kier alpha value is -2.47. The molecule has 0 aliphatic carbocycles. The molecule has 1 saturated heterocycles. The Kier molecular flexibility index (Phi) is 5.05. The molecule has 0 saturated carbocycles. The number of rotatable bonds is 4. The number of hydrogen-bond donors (Lipinski definition) is 2. The number of ether oxygens (including phenoxy) is 1. The molecule has 0 unspecified atom stereocenters. The molecule has 1 fully saturated rings. The molecule has 6 heteroatoms. The molecule has 2 aromatic rings. The zero-order valence-corrected chi connectivity index (χ0v) is 14.0. The zero-order valence-electron chi connectivity index (χ0n) is 14.0. The van der Waals surface area contributed by atoms with E-state index in [-0.39, 0.29) is 11.8 Å². The predicted octanol–water partition coefficient (Wildman–Crippen LogP) is 3.20. The van der Waals surface area contributed by atoms with Crippen molar-refractivity contribution in [1.82, 2.24) is 10.2 Å². The Morgan fingerprint density at radius 1 is 1.08 bits per heavy atom. The summed E-state index contributed by atoms with van der Waals surface area (Å²) in [5.74, 6) is 1.10. The van der Waals surface area contributed by atoms with E-state index in [9.17, 15) is 4.79 Å². The van der Waals surface area contributed by atoms with Gasteiger partial charge in [0.1, 0.15) is 0 Å². The number of amides is 1. The van der Waals surface area contributed by atoms with Crippen LogP contribution in [0.5, 0.6) is 0 Å². The highest BCUT2D eigenvalue weighted by molar-refractivity contribution is 5.91. The van der Waals surface area contributed by atoms with Gasteiger partial charge in [0.05, 0.1) is 0 Å². The van der Waals surface area contributed by atoms with E-state index >= 15 is 0 Å². The van der Waals surface area contributed by atoms with E-state index in [2.05, 4.69) is 40.7 Å². The highest BCUT2D eigenvalue weighted by Gasteiger charge is 2.21. The average molecular weight is 326 g/mol. The number of hydrogen-bond acceptors (Lipinski definition) is 5. The highest BCUT2D eigenvalue weighted by Crippen LogP contribution is 2.22. The minimum absolute atomic E-state index is 0.00621. The number of nitrogens with one attached hydrogen (secondary N) is 2. The van der Waals surface area contributed by atoms with E-state index in [0.717, 1.165) is 18.5 Å². The van der Waals surface area contributed by atoms with Gasteiger partial charge in [-0.15, -0.1) is 10.2 Å². The van der Waals surface area contributed by atoms with E-state index < -0.39 is 0 Å². The second-order valence-corrected chi connectivity index (χ2v) is 6.05. The van der Waals surface area contributed by atoms with Gasteiger partial charge < -0.3 is 15.4 Å². The van der Waals surface area contributed by atoms with Crippen LogP contribution in [0, 0.1) is 19.8 Å². The number of nitrogens with zero attached hydrogens (tertiary/aromatic N) is 2. The molecule has 1 aliphatic rings. The minimum Gasteiger partial charge on any atom is -0.381 e. The van der Waals surface area contributed by atoms with Gasteiger partial charge in [-0.3, -0.25) is 4.79 Å². The third-order valence-corrected chi connectivity index (χ3v) is 4.38. The summed E-state index contributed by atoms with van der Waals surface area (Å²) < 4.78 is 5.27. The average Bonchev–Trinajstić information content (AvgIpc) is 2.61. The van der Waals surface area contributed by atoms with Crippen LogP contribution in [0.15, 0.2) is 30.3 Å². The Balaban J connectivity index is 1.62. The molecular formula is C18H22N4O2. The first kappa shape index (κ1) is 16.4. The van der Waals surface area contributed by atoms with Crippen LogP contribution in [0.1, 0.15) is 24.0 Å². The maximum absolute atomic E-state index is 12.2. The first-order valence-corrected chi connectivity index (χ1v) is 8.19. The summed E-state index contributed by atoms with van der Waals surface area (Å²) in [6, 6.07) is 9.65. The lowest BCUT2D eigenvalue weighted by atomic mass is 9.99. The number of benzene rings is 1. The molecule has 24 heavy (non-hydrogen) atoms. The highest BCUT2D eigenvalue weighted by atomic mass is 16.5. The van der Waals surface area contributed by atoms with Crippen LogP contribution in [0.4, 0.5) is 17.3 Å². The van der Waals surface area contributed by atoms with Crippen molar-refractivity contribution in [3.8, 4) is 0 Å². The minimum atomic E-state index is -0.0113. The maximum atomic E-state index is 12.2. The molecule has 6 nitrogen and oxygen atoms in total. The molecule has 1 aromatic carbocycles. The lowest BCUT2D eigenvalue weighted by molar-refractivity contribution is -0.122. The fourth-order valence-corrected chi connectivity index (χ4v) is 2.68. The number of aryl methyl sites for hydroxylation is 1. The molecule has 126 valence electrons. The zero-order chi connectivity index (χ0) is 16.9. The van der Waals surface area contributed by atoms with Crippen molar-refractivity contribution in [3.05, 3.63) is 41.5 Å². The molecule has 3 rings (SSSR count). The summed E-state index contributed by atoms with van der Waals surface area (Å²) in [5.41, 5.74) is 3.40. The summed E-state index contributed by atoms with van der Waals surface area (Å²) in [5, 5.41) is 14.3. The van der Waals surface area contributed by atoms with E-state index in [0.29, 0.717) is 24.8 Å². The van der Waals surface area contributed by atoms with Crippen LogP contribution in [-0.2, 0) is 9.53 Å². The van der Waals surface area contributed by atoms with Crippen LogP contribution in [0.3, 0.4) is 0 Å². The summed E-state index contributed by atoms with van der Waals surface area (Å²) in [4.78, 5) is 12.2. The van der Waals surface area contributed by atoms with Crippen molar-refractivity contribution in [3.63, 3.8) is 0 Å². The standard InChI is InChI=1S/C18H22N4O2/c1-12-4-3-5-15(13(12)2)19-16-6-7-17(22-21-16)20-18(23)14-8-10-24-11-9-14/h3-7,14H,8-11H2,1-2H3,(H,19,21)(H,20,22,23). The fourth-order valence-electron chi connectivity index (χ4n) is 2.68. The molecular weight excluding hydrogens is 304 g/mol. The lowest BCUT2D eigenvalue weighted by Crippen LogP contribution is -2.28. The van der Waals surface area contributed by atoms with Crippen LogP contribution in [0.25, 0.3) is 0 Å². The smallest absolute Gasteiger partial charge is 0.228 e. The van der Waals surface area contributed by atoms with Gasteiger partial charge in [-0.25, -0.2) is 0 Å². The number of carbonyl (C=O) groups is 1. The Morgan fingerprint density at radius 2 is 1.79 bits per heavy atom. The fraction of sp³-hybridized carbons (Fsp3) is 0.389. The van der Waals surface area contributed by atoms with Gasteiger partial charge in [-0.2, -0.15) is 0 Å².